The molecule has 0 amide bonds. The van der Waals surface area contributed by atoms with E-state index in [0.717, 1.165) is 18.3 Å². The molecule has 4 saturated carbocycles. The van der Waals surface area contributed by atoms with Crippen molar-refractivity contribution in [1.29, 1.82) is 0 Å². The van der Waals surface area contributed by atoms with Gasteiger partial charge < -0.3 is 59.1 Å². The van der Waals surface area contributed by atoms with Crippen molar-refractivity contribution in [3.63, 3.8) is 0 Å². The Balaban J connectivity index is 1.01. The van der Waals surface area contributed by atoms with Gasteiger partial charge >= 0.3 is 5.97 Å². The maximum Gasteiger partial charge on any atom is 0.331 e. The number of carbonyl (C=O) groups excluding carboxylic acids is 2. The minimum Gasteiger partial charge on any atom is -0.458 e. The zero-order valence-corrected chi connectivity index (χ0v) is 27.1. The molecule has 3 heterocycles. The molecule has 6 N–H and O–H groups in total. The Hall–Kier alpha value is -1.52. The molecule has 0 aromatic heterocycles. The largest absolute Gasteiger partial charge is 0.458 e. The molecule has 0 unspecified atom stereocenters. The van der Waals surface area contributed by atoms with Gasteiger partial charge in [0.1, 0.15) is 37.3 Å². The van der Waals surface area contributed by atoms with Crippen LogP contribution in [0.3, 0.4) is 0 Å². The Bertz CT molecular complexity index is 1250. The molecule has 0 spiro atoms. The van der Waals surface area contributed by atoms with Gasteiger partial charge in [-0.1, -0.05) is 6.92 Å². The number of fused-ring (bicyclic) bond motifs is 5. The third-order valence-corrected chi connectivity index (χ3v) is 13.6. The first-order chi connectivity index (χ1) is 22.2. The zero-order valence-electron chi connectivity index (χ0n) is 27.1. The van der Waals surface area contributed by atoms with Gasteiger partial charge in [0.15, 0.2) is 12.6 Å². The SMILES string of the molecule is C[C@@H]1O[C@@H](O[C@H]2CC[C@]3(C=O)[C@H]4CC[C@]5(C)[C@@H](C6=CC(=O)OC6)CC[C@]5(O)[C@@H]4CC[C@]3(O)C2)C[C@@H](O)[C@H]1O[C@@H]1OC[C@@H](O)[C@@H](O)[C@H]1O. The first kappa shape index (κ1) is 34.0. The number of ether oxygens (including phenoxy) is 5. The predicted molar refractivity (Wildman–Crippen MR) is 160 cm³/mol. The summed E-state index contributed by atoms with van der Waals surface area (Å²) >= 11 is 0. The maximum absolute atomic E-state index is 13.1. The summed E-state index contributed by atoms with van der Waals surface area (Å²) in [7, 11) is 0. The van der Waals surface area contributed by atoms with Gasteiger partial charge in [-0.2, -0.15) is 0 Å². The molecule has 4 aliphatic carbocycles. The molecule has 0 radical (unpaired) electrons. The normalized spacial score (nSPS) is 54.6. The second-order valence-electron chi connectivity index (χ2n) is 15.7. The maximum atomic E-state index is 13.1. The van der Waals surface area contributed by atoms with Crippen molar-refractivity contribution in [3.05, 3.63) is 11.6 Å². The molecule has 7 rings (SSSR count). The minimum absolute atomic E-state index is 0.0370. The monoisotopic (exact) mass is 666 g/mol. The van der Waals surface area contributed by atoms with E-state index in [1.807, 2.05) is 0 Å². The zero-order chi connectivity index (χ0) is 33.5. The Morgan fingerprint density at radius 1 is 0.936 bits per heavy atom. The van der Waals surface area contributed by atoms with Crippen LogP contribution in [0, 0.1) is 28.6 Å². The van der Waals surface area contributed by atoms with E-state index < -0.39 is 77.3 Å². The van der Waals surface area contributed by atoms with Crippen LogP contribution >= 0.6 is 0 Å². The highest BCUT2D eigenvalue weighted by molar-refractivity contribution is 5.85. The van der Waals surface area contributed by atoms with Gasteiger partial charge in [0.2, 0.25) is 0 Å². The van der Waals surface area contributed by atoms with Crippen LogP contribution in [0.5, 0.6) is 0 Å². The smallest absolute Gasteiger partial charge is 0.331 e. The number of aldehydes is 1. The van der Waals surface area contributed by atoms with E-state index >= 15 is 0 Å². The lowest BCUT2D eigenvalue weighted by atomic mass is 9.41. The summed E-state index contributed by atoms with van der Waals surface area (Å²) in [5, 5.41) is 65.7. The van der Waals surface area contributed by atoms with Crippen LogP contribution in [0.1, 0.15) is 78.1 Å². The summed E-state index contributed by atoms with van der Waals surface area (Å²) in [6.45, 7) is 3.86. The summed E-state index contributed by atoms with van der Waals surface area (Å²) in [4.78, 5) is 25.0. The van der Waals surface area contributed by atoms with Gasteiger partial charge in [-0.25, -0.2) is 4.79 Å². The van der Waals surface area contributed by atoms with Crippen molar-refractivity contribution in [2.45, 2.75) is 145 Å². The fourth-order valence-electron chi connectivity index (χ4n) is 11.0. The molecule has 6 fully saturated rings. The van der Waals surface area contributed by atoms with E-state index in [4.69, 9.17) is 23.7 Å². The van der Waals surface area contributed by atoms with Crippen molar-refractivity contribution in [3.8, 4) is 0 Å². The summed E-state index contributed by atoms with van der Waals surface area (Å²) in [5.74, 6) is -0.635. The predicted octanol–water partition coefficient (Wildman–Crippen LogP) is 0.243. The molecule has 264 valence electrons. The molecule has 2 saturated heterocycles. The summed E-state index contributed by atoms with van der Waals surface area (Å²) in [6, 6.07) is 0. The van der Waals surface area contributed by atoms with Crippen LogP contribution in [0.4, 0.5) is 0 Å². The number of hydrogen-bond acceptors (Lipinski definition) is 13. The van der Waals surface area contributed by atoms with Gasteiger partial charge in [0, 0.05) is 24.3 Å². The van der Waals surface area contributed by atoms with Crippen LogP contribution in [0.15, 0.2) is 11.6 Å². The van der Waals surface area contributed by atoms with Gasteiger partial charge in [-0.05, 0) is 81.6 Å². The first-order valence-corrected chi connectivity index (χ1v) is 17.3. The van der Waals surface area contributed by atoms with E-state index in [1.165, 1.54) is 0 Å². The second-order valence-corrected chi connectivity index (χ2v) is 15.7. The molecule has 13 nitrogen and oxygen atoms in total. The van der Waals surface area contributed by atoms with Gasteiger partial charge in [0.25, 0.3) is 0 Å². The molecule has 0 aromatic rings. The minimum atomic E-state index is -1.50. The third kappa shape index (κ3) is 5.18. The fraction of sp³-hybridized carbons (Fsp3) is 0.882. The average molecular weight is 667 g/mol. The van der Waals surface area contributed by atoms with Crippen molar-refractivity contribution < 1.29 is 63.9 Å². The van der Waals surface area contributed by atoms with Gasteiger partial charge in [-0.15, -0.1) is 0 Å². The van der Waals surface area contributed by atoms with Crippen molar-refractivity contribution >= 4 is 12.3 Å². The summed E-state index contributed by atoms with van der Waals surface area (Å²) in [5.41, 5.74) is -2.86. The first-order valence-electron chi connectivity index (χ1n) is 17.3. The third-order valence-electron chi connectivity index (χ3n) is 13.6. The lowest BCUT2D eigenvalue weighted by Crippen LogP contribution is -2.69. The molecule has 7 aliphatic rings. The topological polar surface area (TPSA) is 202 Å². The summed E-state index contributed by atoms with van der Waals surface area (Å²) in [6.07, 6.45) is -1.89. The number of rotatable bonds is 6. The van der Waals surface area contributed by atoms with E-state index in [1.54, 1.807) is 13.0 Å². The Morgan fingerprint density at radius 3 is 2.40 bits per heavy atom. The molecule has 13 heteroatoms. The molecular formula is C34H50O13. The second kappa shape index (κ2) is 12.1. The standard InChI is InChI=1S/C34H50O13/c1-17-29(47-30-28(40)27(39)24(37)15-44-30)23(36)12-26(45-17)46-19-3-8-32(16-35)21-4-7-31(2)20(18-11-25(38)43-14-18)6-10-34(31,42)22(21)5-9-33(32,41)13-19/h11,16-17,19-24,26-30,36-37,39-42H,3-10,12-15H2,1-2H3/t17-,19-,20+,21-,22+,23+,24+,26-,27+,28+,29-,30-,31+,32-,33-,34-/m0/s1. The molecule has 3 aliphatic heterocycles. The lowest BCUT2D eigenvalue weighted by Gasteiger charge is -2.65. The number of aliphatic hydroxyl groups excluding tert-OH is 4. The van der Waals surface area contributed by atoms with Crippen LogP contribution in [0.2, 0.25) is 0 Å². The molecule has 0 aromatic carbocycles. The number of aliphatic hydroxyl groups is 6. The fourth-order valence-corrected chi connectivity index (χ4v) is 11.0. The molecule has 47 heavy (non-hydrogen) atoms. The Labute approximate surface area is 274 Å². The Morgan fingerprint density at radius 2 is 1.70 bits per heavy atom. The quantitative estimate of drug-likeness (QED) is 0.128. The van der Waals surface area contributed by atoms with Crippen LogP contribution in [-0.2, 0) is 33.3 Å². The lowest BCUT2D eigenvalue weighted by molar-refractivity contribution is -0.331. The van der Waals surface area contributed by atoms with Gasteiger partial charge in [0.05, 0.1) is 41.5 Å². The highest BCUT2D eigenvalue weighted by Gasteiger charge is 2.71. The van der Waals surface area contributed by atoms with Crippen molar-refractivity contribution in [1.82, 2.24) is 0 Å². The van der Waals surface area contributed by atoms with E-state index in [9.17, 15) is 40.2 Å². The van der Waals surface area contributed by atoms with Crippen LogP contribution in [0.25, 0.3) is 0 Å². The van der Waals surface area contributed by atoms with Gasteiger partial charge in [-0.3, -0.25) is 0 Å². The van der Waals surface area contributed by atoms with Crippen molar-refractivity contribution in [2.75, 3.05) is 13.2 Å². The number of cyclic esters (lactones) is 1. The average Bonchev–Trinajstić information content (AvgIpc) is 3.57. The number of esters is 1. The highest BCUT2D eigenvalue weighted by atomic mass is 16.7. The molecule has 0 bridgehead atoms. The number of carbonyl (C=O) groups is 2. The molecular weight excluding hydrogens is 616 g/mol. The molecule has 16 atom stereocenters. The number of hydrogen-bond donors (Lipinski definition) is 6. The van der Waals surface area contributed by atoms with Crippen LogP contribution < -0.4 is 0 Å². The van der Waals surface area contributed by atoms with Crippen molar-refractivity contribution in [2.24, 2.45) is 28.6 Å². The van der Waals surface area contributed by atoms with Crippen LogP contribution in [-0.4, -0.2) is 123 Å². The Kier molecular flexibility index (Phi) is 8.72. The van der Waals surface area contributed by atoms with E-state index in [0.29, 0.717) is 44.9 Å². The summed E-state index contributed by atoms with van der Waals surface area (Å²) < 4.78 is 28.7. The van der Waals surface area contributed by atoms with E-state index in [-0.39, 0.29) is 49.8 Å². The van der Waals surface area contributed by atoms with E-state index in [2.05, 4.69) is 6.92 Å². The highest BCUT2D eigenvalue weighted by Crippen LogP contribution is 2.70.